The van der Waals surface area contributed by atoms with Crippen LogP contribution in [0.2, 0.25) is 10.0 Å². The van der Waals surface area contributed by atoms with Crippen LogP contribution < -0.4 is 20.4 Å². The number of hydrogen-bond acceptors (Lipinski definition) is 8. The summed E-state index contributed by atoms with van der Waals surface area (Å²) in [5.41, 5.74) is 6.11. The molecule has 3 atom stereocenters. The Bertz CT molecular complexity index is 1490. The van der Waals surface area contributed by atoms with Crippen LogP contribution in [-0.2, 0) is 4.84 Å². The Balaban J connectivity index is 1.33. The molecule has 1 saturated carbocycles. The molecule has 2 heterocycles. The van der Waals surface area contributed by atoms with Gasteiger partial charge in [-0.1, -0.05) is 47.5 Å². The van der Waals surface area contributed by atoms with Gasteiger partial charge in [0.2, 0.25) is 0 Å². The number of nitrogens with zero attached hydrogens (tertiary/aromatic N) is 2. The molecule has 11 heteroatoms. The third-order valence-electron chi connectivity index (χ3n) is 8.06. The molecule has 232 valence electrons. The highest BCUT2D eigenvalue weighted by Gasteiger charge is 2.39. The highest BCUT2D eigenvalue weighted by atomic mass is 35.5. The molecule has 0 bridgehead atoms. The maximum absolute atomic E-state index is 11.8. The number of carboxylic acids is 1. The molecule has 1 aliphatic heterocycles. The van der Waals surface area contributed by atoms with E-state index >= 15 is 0 Å². The lowest BCUT2D eigenvalue weighted by Crippen LogP contribution is -2.40. The standard InChI is InChI=1S/C32H40Cl2N4O4S/c1-6-21(35-16-22-28(37-42-30(22)19-11-12-19)27-23(33)9-8-10-24(27)34)13-18(5)38(7-2)32-36-29-25(41-17(3)4)14-20(31(39)40)15-26(29)43-32/h8-10,14-15,17-19,21,28,35,37H,6-7,11-13,16H2,1-5H3,(H,39,40). The number of aromatic nitrogens is 1. The fourth-order valence-corrected chi connectivity index (χ4v) is 7.51. The molecule has 2 aliphatic rings. The molecular weight excluding hydrogens is 607 g/mol. The predicted octanol–water partition coefficient (Wildman–Crippen LogP) is 8.00. The summed E-state index contributed by atoms with van der Waals surface area (Å²) in [5, 5.41) is 15.6. The molecule has 3 N–H and O–H groups in total. The fourth-order valence-electron chi connectivity index (χ4n) is 5.70. The number of allylic oxidation sites excluding steroid dienone is 1. The van der Waals surface area contributed by atoms with Crippen LogP contribution in [0.4, 0.5) is 5.13 Å². The van der Waals surface area contributed by atoms with Crippen molar-refractivity contribution in [2.75, 3.05) is 18.0 Å². The van der Waals surface area contributed by atoms with E-state index in [1.165, 1.54) is 11.3 Å². The number of aromatic carboxylic acids is 1. The third-order valence-corrected chi connectivity index (χ3v) is 9.76. The van der Waals surface area contributed by atoms with Gasteiger partial charge in [-0.2, -0.15) is 0 Å². The molecule has 5 rings (SSSR count). The van der Waals surface area contributed by atoms with E-state index < -0.39 is 5.97 Å². The number of benzene rings is 2. The Morgan fingerprint density at radius 1 is 1.23 bits per heavy atom. The summed E-state index contributed by atoms with van der Waals surface area (Å²) in [4.78, 5) is 25.0. The Hall–Kier alpha value is -2.56. The minimum atomic E-state index is -0.982. The lowest BCUT2D eigenvalue weighted by atomic mass is 9.96. The number of carboxylic acid groups (broad SMARTS) is 1. The highest BCUT2D eigenvalue weighted by Crippen LogP contribution is 2.46. The minimum Gasteiger partial charge on any atom is -0.489 e. The van der Waals surface area contributed by atoms with Crippen LogP contribution >= 0.6 is 34.5 Å². The van der Waals surface area contributed by atoms with Crippen LogP contribution in [0.25, 0.3) is 10.2 Å². The first kappa shape index (κ1) is 31.9. The number of nitrogens with one attached hydrogen (secondary N) is 2. The zero-order valence-electron chi connectivity index (χ0n) is 25.2. The van der Waals surface area contributed by atoms with E-state index in [1.54, 1.807) is 12.1 Å². The van der Waals surface area contributed by atoms with Gasteiger partial charge in [0.25, 0.3) is 0 Å². The molecule has 0 amide bonds. The van der Waals surface area contributed by atoms with Crippen molar-refractivity contribution < 1.29 is 19.5 Å². The summed E-state index contributed by atoms with van der Waals surface area (Å²) in [6, 6.07) is 9.06. The van der Waals surface area contributed by atoms with Gasteiger partial charge >= 0.3 is 5.97 Å². The molecular formula is C32H40Cl2N4O4S. The number of anilines is 1. The number of fused-ring (bicyclic) bond motifs is 1. The van der Waals surface area contributed by atoms with Gasteiger partial charge in [0.05, 0.1) is 22.4 Å². The molecule has 1 aliphatic carbocycles. The molecule has 43 heavy (non-hydrogen) atoms. The number of carbonyl (C=O) groups is 1. The smallest absolute Gasteiger partial charge is 0.335 e. The largest absolute Gasteiger partial charge is 0.489 e. The molecule has 1 aromatic heterocycles. The van der Waals surface area contributed by atoms with Crippen molar-refractivity contribution in [3.05, 3.63) is 62.8 Å². The molecule has 0 saturated heterocycles. The second-order valence-corrected chi connectivity index (χ2v) is 13.4. The molecule has 0 spiro atoms. The number of ether oxygens (including phenoxy) is 1. The van der Waals surface area contributed by atoms with E-state index in [2.05, 4.69) is 36.5 Å². The summed E-state index contributed by atoms with van der Waals surface area (Å²) in [6.07, 6.45) is 4.01. The van der Waals surface area contributed by atoms with Crippen molar-refractivity contribution in [3.63, 3.8) is 0 Å². The average Bonchev–Trinajstić information content (AvgIpc) is 3.58. The number of hydrogen-bond donors (Lipinski definition) is 3. The van der Waals surface area contributed by atoms with E-state index in [0.29, 0.717) is 33.8 Å². The monoisotopic (exact) mass is 646 g/mol. The lowest BCUT2D eigenvalue weighted by molar-refractivity contribution is 0.0696. The van der Waals surface area contributed by atoms with Gasteiger partial charge in [-0.15, -0.1) is 5.48 Å². The van der Waals surface area contributed by atoms with Gasteiger partial charge in [0, 0.05) is 52.3 Å². The van der Waals surface area contributed by atoms with Gasteiger partial charge in [-0.3, -0.25) is 0 Å². The summed E-state index contributed by atoms with van der Waals surface area (Å²) >= 11 is 14.7. The van der Waals surface area contributed by atoms with Gasteiger partial charge in [0.1, 0.15) is 17.0 Å². The zero-order chi connectivity index (χ0) is 30.8. The molecule has 1 fully saturated rings. The first-order valence-electron chi connectivity index (χ1n) is 15.0. The van der Waals surface area contributed by atoms with Crippen molar-refractivity contribution in [3.8, 4) is 5.75 Å². The van der Waals surface area contributed by atoms with E-state index in [4.69, 9.17) is 37.8 Å². The first-order chi connectivity index (χ1) is 20.6. The Labute approximate surface area is 267 Å². The Kier molecular flexibility index (Phi) is 10.1. The lowest BCUT2D eigenvalue weighted by Gasteiger charge is -2.31. The second-order valence-electron chi connectivity index (χ2n) is 11.6. The SMILES string of the molecule is CCC(CC(C)N(CC)c1nc2c(OC(C)C)cc(C(=O)O)cc2s1)NCC1=C(C2CC2)ONC1c1c(Cl)cccc1Cl. The third kappa shape index (κ3) is 7.07. The maximum Gasteiger partial charge on any atom is 0.335 e. The van der Waals surface area contributed by atoms with Crippen LogP contribution in [0.3, 0.4) is 0 Å². The molecule has 3 aromatic rings. The molecule has 2 aromatic carbocycles. The van der Waals surface area contributed by atoms with E-state index in [-0.39, 0.29) is 29.8 Å². The number of hydroxylamine groups is 1. The Morgan fingerprint density at radius 3 is 2.56 bits per heavy atom. The number of thiazole rings is 1. The quantitative estimate of drug-likeness (QED) is 0.162. The van der Waals surface area contributed by atoms with E-state index in [9.17, 15) is 9.90 Å². The van der Waals surface area contributed by atoms with Crippen LogP contribution in [0.15, 0.2) is 41.7 Å². The van der Waals surface area contributed by atoms with E-state index in [0.717, 1.165) is 59.0 Å². The predicted molar refractivity (Wildman–Crippen MR) is 175 cm³/mol. The van der Waals surface area contributed by atoms with Gasteiger partial charge < -0.3 is 24.9 Å². The number of rotatable bonds is 14. The maximum atomic E-state index is 11.8. The van der Waals surface area contributed by atoms with Gasteiger partial charge in [0.15, 0.2) is 5.13 Å². The van der Waals surface area contributed by atoms with Gasteiger partial charge in [-0.25, -0.2) is 9.78 Å². The van der Waals surface area contributed by atoms with Crippen LogP contribution in [0, 0.1) is 5.92 Å². The van der Waals surface area contributed by atoms with Crippen LogP contribution in [0.5, 0.6) is 5.75 Å². The fraction of sp³-hybridized carbons (Fsp3) is 0.500. The molecule has 0 radical (unpaired) electrons. The van der Waals surface area contributed by atoms with Crippen LogP contribution in [0.1, 0.15) is 82.3 Å². The van der Waals surface area contributed by atoms with Crippen molar-refractivity contribution in [2.45, 2.75) is 84.5 Å². The average molecular weight is 648 g/mol. The second kappa shape index (κ2) is 13.6. The summed E-state index contributed by atoms with van der Waals surface area (Å²) in [7, 11) is 0. The minimum absolute atomic E-state index is 0.0977. The van der Waals surface area contributed by atoms with Crippen molar-refractivity contribution >= 4 is 55.9 Å². The van der Waals surface area contributed by atoms with E-state index in [1.807, 2.05) is 32.0 Å². The Morgan fingerprint density at radius 2 is 1.95 bits per heavy atom. The van der Waals surface area contributed by atoms with Crippen LogP contribution in [-0.4, -0.2) is 47.3 Å². The van der Waals surface area contributed by atoms with Crippen molar-refractivity contribution in [1.82, 2.24) is 15.8 Å². The van der Waals surface area contributed by atoms with Crippen molar-refractivity contribution in [1.29, 1.82) is 0 Å². The molecule has 8 nitrogen and oxygen atoms in total. The first-order valence-corrected chi connectivity index (χ1v) is 16.6. The topological polar surface area (TPSA) is 96.0 Å². The summed E-state index contributed by atoms with van der Waals surface area (Å²) < 4.78 is 6.77. The van der Waals surface area contributed by atoms with Crippen molar-refractivity contribution in [2.24, 2.45) is 5.92 Å². The van der Waals surface area contributed by atoms with Gasteiger partial charge in [-0.05, 0) is 77.6 Å². The summed E-state index contributed by atoms with van der Waals surface area (Å²) in [6.45, 7) is 11.8. The summed E-state index contributed by atoms with van der Waals surface area (Å²) in [5.74, 6) is 0.978. The highest BCUT2D eigenvalue weighted by molar-refractivity contribution is 7.22. The number of halogens is 2. The molecule has 3 unspecified atom stereocenters. The normalized spacial score (nSPS) is 18.3. The zero-order valence-corrected chi connectivity index (χ0v) is 27.6.